The lowest BCUT2D eigenvalue weighted by Gasteiger charge is -2.29. The second kappa shape index (κ2) is 5.25. The van der Waals surface area contributed by atoms with Gasteiger partial charge in [-0.05, 0) is 18.9 Å². The lowest BCUT2D eigenvalue weighted by atomic mass is 9.97. The number of nitrogens with one attached hydrogen (secondary N) is 1. The predicted molar refractivity (Wildman–Crippen MR) is 80.1 cm³/mol. The first-order chi connectivity index (χ1) is 10.1. The molecule has 110 valence electrons. The topological polar surface area (TPSA) is 107 Å². The molecule has 2 aromatic rings. The Kier molecular flexibility index (Phi) is 3.42. The summed E-state index contributed by atoms with van der Waals surface area (Å²) in [7, 11) is 0. The number of fused-ring (bicyclic) bond motifs is 1. The highest BCUT2D eigenvalue weighted by Gasteiger charge is 2.33. The molecule has 0 saturated heterocycles. The second-order valence-electron chi connectivity index (χ2n) is 5.50. The first kappa shape index (κ1) is 13.7. The van der Waals surface area contributed by atoms with Crippen LogP contribution in [0.2, 0.25) is 0 Å². The highest BCUT2D eigenvalue weighted by molar-refractivity contribution is 5.90. The van der Waals surface area contributed by atoms with Crippen LogP contribution >= 0.6 is 0 Å². The molecule has 1 saturated carbocycles. The lowest BCUT2D eigenvalue weighted by molar-refractivity contribution is -0.384. The zero-order valence-corrected chi connectivity index (χ0v) is 11.6. The number of nitrogens with two attached hydrogens (primary N) is 1. The van der Waals surface area contributed by atoms with Gasteiger partial charge in [-0.1, -0.05) is 12.8 Å². The first-order valence-electron chi connectivity index (χ1n) is 7.01. The number of nitrogens with zero attached hydrogens (tertiary/aromatic N) is 3. The third-order valence-corrected chi connectivity index (χ3v) is 4.16. The fraction of sp³-hybridized carbons (Fsp3) is 0.429. The summed E-state index contributed by atoms with van der Waals surface area (Å²) in [6.07, 6.45) is 5.71. The van der Waals surface area contributed by atoms with Gasteiger partial charge in [0.1, 0.15) is 12.1 Å². The van der Waals surface area contributed by atoms with Gasteiger partial charge in [-0.15, -0.1) is 0 Å². The number of non-ortho nitro benzene ring substituents is 1. The van der Waals surface area contributed by atoms with Crippen LogP contribution in [0.5, 0.6) is 0 Å². The van der Waals surface area contributed by atoms with Crippen LogP contribution < -0.4 is 11.1 Å². The van der Waals surface area contributed by atoms with Gasteiger partial charge in [0.25, 0.3) is 5.69 Å². The van der Waals surface area contributed by atoms with Crippen molar-refractivity contribution in [1.82, 2.24) is 9.97 Å². The molecular weight excluding hydrogens is 270 g/mol. The molecule has 0 radical (unpaired) electrons. The van der Waals surface area contributed by atoms with E-state index in [0.29, 0.717) is 23.3 Å². The molecular formula is C14H17N5O2. The second-order valence-corrected chi connectivity index (χ2v) is 5.50. The zero-order valence-electron chi connectivity index (χ0n) is 11.6. The smallest absolute Gasteiger partial charge is 0.270 e. The largest absolute Gasteiger partial charge is 0.363 e. The van der Waals surface area contributed by atoms with Crippen LogP contribution in [-0.4, -0.2) is 27.0 Å². The van der Waals surface area contributed by atoms with E-state index in [4.69, 9.17) is 5.73 Å². The molecule has 0 amide bonds. The minimum Gasteiger partial charge on any atom is -0.363 e. The number of hydrogen-bond donors (Lipinski definition) is 2. The number of aromatic nitrogens is 2. The Balaban J connectivity index is 2.05. The van der Waals surface area contributed by atoms with Crippen LogP contribution in [0.4, 0.5) is 11.5 Å². The fourth-order valence-electron chi connectivity index (χ4n) is 2.94. The number of nitro benzene ring substituents is 1. The maximum Gasteiger partial charge on any atom is 0.270 e. The van der Waals surface area contributed by atoms with Gasteiger partial charge in [0.15, 0.2) is 0 Å². The highest BCUT2D eigenvalue weighted by atomic mass is 16.6. The van der Waals surface area contributed by atoms with Gasteiger partial charge in [0.05, 0.1) is 16.0 Å². The van der Waals surface area contributed by atoms with Crippen molar-refractivity contribution in [3.63, 3.8) is 0 Å². The zero-order chi connectivity index (χ0) is 14.9. The van der Waals surface area contributed by atoms with Crippen molar-refractivity contribution in [2.45, 2.75) is 31.2 Å². The van der Waals surface area contributed by atoms with E-state index in [9.17, 15) is 10.1 Å². The predicted octanol–water partition coefficient (Wildman–Crippen LogP) is 2.22. The molecule has 0 bridgehead atoms. The van der Waals surface area contributed by atoms with E-state index in [1.807, 2.05) is 0 Å². The summed E-state index contributed by atoms with van der Waals surface area (Å²) >= 11 is 0. The van der Waals surface area contributed by atoms with Crippen molar-refractivity contribution in [1.29, 1.82) is 0 Å². The Morgan fingerprint density at radius 1 is 1.33 bits per heavy atom. The minimum atomic E-state index is -0.412. The summed E-state index contributed by atoms with van der Waals surface area (Å²) < 4.78 is 0. The molecule has 7 heteroatoms. The number of anilines is 1. The van der Waals surface area contributed by atoms with Gasteiger partial charge in [0, 0.05) is 24.1 Å². The van der Waals surface area contributed by atoms with E-state index >= 15 is 0 Å². The molecule has 0 aliphatic heterocycles. The van der Waals surface area contributed by atoms with Crippen molar-refractivity contribution < 1.29 is 4.92 Å². The summed E-state index contributed by atoms with van der Waals surface area (Å²) in [5.74, 6) is 0.621. The molecule has 1 heterocycles. The van der Waals surface area contributed by atoms with Gasteiger partial charge in [0.2, 0.25) is 0 Å². The molecule has 0 spiro atoms. The Labute approximate surface area is 121 Å². The summed E-state index contributed by atoms with van der Waals surface area (Å²) in [4.78, 5) is 19.0. The van der Waals surface area contributed by atoms with Crippen LogP contribution in [0.1, 0.15) is 25.7 Å². The van der Waals surface area contributed by atoms with Crippen molar-refractivity contribution in [2.24, 2.45) is 5.73 Å². The summed E-state index contributed by atoms with van der Waals surface area (Å²) in [6, 6.07) is 4.61. The molecule has 1 aliphatic carbocycles. The minimum absolute atomic E-state index is 0.0357. The van der Waals surface area contributed by atoms with E-state index in [2.05, 4.69) is 15.3 Å². The first-order valence-corrected chi connectivity index (χ1v) is 7.01. The van der Waals surface area contributed by atoms with Crippen LogP contribution in [0.25, 0.3) is 10.9 Å². The Morgan fingerprint density at radius 2 is 2.10 bits per heavy atom. The van der Waals surface area contributed by atoms with Crippen molar-refractivity contribution >= 4 is 22.4 Å². The normalized spacial score (nSPS) is 17.0. The number of hydrogen-bond acceptors (Lipinski definition) is 6. The average Bonchev–Trinajstić information content (AvgIpc) is 2.96. The van der Waals surface area contributed by atoms with Gasteiger partial charge in [-0.2, -0.15) is 0 Å². The van der Waals surface area contributed by atoms with E-state index < -0.39 is 4.92 Å². The summed E-state index contributed by atoms with van der Waals surface area (Å²) in [6.45, 7) is 0.521. The quantitative estimate of drug-likeness (QED) is 0.659. The van der Waals surface area contributed by atoms with E-state index in [-0.39, 0.29) is 11.2 Å². The monoisotopic (exact) mass is 287 g/mol. The van der Waals surface area contributed by atoms with Gasteiger partial charge in [-0.25, -0.2) is 9.97 Å². The van der Waals surface area contributed by atoms with Crippen LogP contribution in [0, 0.1) is 10.1 Å². The Morgan fingerprint density at radius 3 is 2.76 bits per heavy atom. The van der Waals surface area contributed by atoms with Crippen LogP contribution in [-0.2, 0) is 0 Å². The molecule has 0 unspecified atom stereocenters. The number of nitro groups is 1. The van der Waals surface area contributed by atoms with Crippen molar-refractivity contribution in [2.75, 3.05) is 11.9 Å². The molecule has 3 rings (SSSR count). The van der Waals surface area contributed by atoms with Gasteiger partial charge >= 0.3 is 0 Å². The third-order valence-electron chi connectivity index (χ3n) is 4.16. The summed E-state index contributed by atoms with van der Waals surface area (Å²) in [5.41, 5.74) is 6.48. The summed E-state index contributed by atoms with van der Waals surface area (Å²) in [5, 5.41) is 15.0. The van der Waals surface area contributed by atoms with Crippen LogP contribution in [0.3, 0.4) is 0 Å². The van der Waals surface area contributed by atoms with E-state index in [1.165, 1.54) is 18.5 Å². The highest BCUT2D eigenvalue weighted by Crippen LogP contribution is 2.34. The molecule has 0 atom stereocenters. The Bertz CT molecular complexity index is 682. The molecule has 1 aromatic heterocycles. The SMILES string of the molecule is NCC1(Nc2ncnc3ccc([N+](=O)[O-])cc23)CCCC1. The van der Waals surface area contributed by atoms with E-state index in [1.54, 1.807) is 6.07 Å². The average molecular weight is 287 g/mol. The molecule has 1 fully saturated rings. The molecule has 1 aromatic carbocycles. The van der Waals surface area contributed by atoms with Crippen molar-refractivity contribution in [3.05, 3.63) is 34.6 Å². The van der Waals surface area contributed by atoms with Gasteiger partial charge < -0.3 is 11.1 Å². The van der Waals surface area contributed by atoms with Crippen LogP contribution in [0.15, 0.2) is 24.5 Å². The maximum atomic E-state index is 10.9. The molecule has 7 nitrogen and oxygen atoms in total. The molecule has 1 aliphatic rings. The Hall–Kier alpha value is -2.28. The third kappa shape index (κ3) is 2.52. The number of rotatable bonds is 4. The standard InChI is InChI=1S/C14H17N5O2/c15-8-14(5-1-2-6-14)18-13-11-7-10(19(20)21)3-4-12(11)16-9-17-13/h3-4,7,9H,1-2,5-6,8,15H2,(H,16,17,18). The number of benzene rings is 1. The lowest BCUT2D eigenvalue weighted by Crippen LogP contribution is -2.43. The fourth-order valence-corrected chi connectivity index (χ4v) is 2.94. The molecule has 3 N–H and O–H groups in total. The maximum absolute atomic E-state index is 10.9. The van der Waals surface area contributed by atoms with Crippen molar-refractivity contribution in [3.8, 4) is 0 Å². The van der Waals surface area contributed by atoms with Gasteiger partial charge in [-0.3, -0.25) is 10.1 Å². The van der Waals surface area contributed by atoms with E-state index in [0.717, 1.165) is 25.7 Å². The molecule has 21 heavy (non-hydrogen) atoms.